The van der Waals surface area contributed by atoms with Gasteiger partial charge in [-0.3, -0.25) is 14.2 Å². The maximum absolute atomic E-state index is 15.5. The number of thiophene rings is 1. The number of fused-ring (bicyclic) bond motifs is 1. The standard InChI is InChI=1S/C55H63BrN2O7SSi2/c1-38(64-67(53(3,4)5,40-26-16-12-17-27-40)41-28-18-13-19-29-41)37-63-46(44-34-24-25-35-45(44)62-11)36-57-50-47(39(2)48(56)66-50)49(59)58(52(57)61)55(9,10)51(60)65-68(54(6,7)8,42-30-20-14-21-31-42)43-32-22-15-23-33-43/h12-35,38,46H,36-37H2,1-11H3/t38-,46+/m1/s1. The quantitative estimate of drug-likeness (QED) is 0.0890. The summed E-state index contributed by atoms with van der Waals surface area (Å²) in [6.07, 6.45) is -1.17. The first-order chi connectivity index (χ1) is 32.2. The molecule has 356 valence electrons. The van der Waals surface area contributed by atoms with Crippen LogP contribution in [0.15, 0.2) is 159 Å². The van der Waals surface area contributed by atoms with Gasteiger partial charge < -0.3 is 18.3 Å². The van der Waals surface area contributed by atoms with Crippen molar-refractivity contribution < 1.29 is 23.1 Å². The SMILES string of the molecule is COc1ccccc1[C@H](Cn1c(=O)n(C(C)(C)C(=O)O[Si](c2ccccc2)(c2ccccc2)C(C)(C)C)c(=O)c2c(C)c(Br)sc21)OC[C@@H](C)O[Si](c1ccccc1)(c1ccccc1)C(C)(C)C. The molecule has 9 nitrogen and oxygen atoms in total. The van der Waals surface area contributed by atoms with Gasteiger partial charge in [0.2, 0.25) is 0 Å². The Morgan fingerprint density at radius 2 is 1.12 bits per heavy atom. The smallest absolute Gasteiger partial charge is 0.333 e. The lowest BCUT2D eigenvalue weighted by Gasteiger charge is -2.44. The van der Waals surface area contributed by atoms with Crippen molar-refractivity contribution in [2.24, 2.45) is 0 Å². The number of methoxy groups -OCH3 is 1. The minimum Gasteiger partial charge on any atom is -0.508 e. The number of hydrogen-bond acceptors (Lipinski definition) is 8. The van der Waals surface area contributed by atoms with E-state index in [9.17, 15) is 4.79 Å². The Bertz CT molecular complexity index is 2900. The Kier molecular flexibility index (Phi) is 15.0. The number of carbonyl (C=O) groups excluding carboxylic acids is 1. The fourth-order valence-corrected chi connectivity index (χ4v) is 20.4. The average molecular weight is 1030 g/mol. The summed E-state index contributed by atoms with van der Waals surface area (Å²) in [5.41, 5.74) is -1.64. The summed E-state index contributed by atoms with van der Waals surface area (Å²) in [5, 5.41) is 3.60. The van der Waals surface area contributed by atoms with Gasteiger partial charge in [-0.1, -0.05) is 181 Å². The minimum atomic E-state index is -3.46. The van der Waals surface area contributed by atoms with E-state index in [4.69, 9.17) is 18.3 Å². The number of nitrogens with zero attached hydrogens (tertiary/aromatic N) is 2. The van der Waals surface area contributed by atoms with Crippen molar-refractivity contribution in [3.05, 3.63) is 181 Å². The van der Waals surface area contributed by atoms with Crippen molar-refractivity contribution in [3.8, 4) is 5.75 Å². The van der Waals surface area contributed by atoms with Crippen LogP contribution >= 0.6 is 27.3 Å². The van der Waals surface area contributed by atoms with Gasteiger partial charge in [0.05, 0.1) is 35.5 Å². The van der Waals surface area contributed by atoms with Crippen LogP contribution in [0.5, 0.6) is 5.75 Å². The predicted octanol–water partition coefficient (Wildman–Crippen LogP) is 9.87. The van der Waals surface area contributed by atoms with Crippen LogP contribution in [0.1, 0.15) is 79.5 Å². The molecule has 0 aliphatic rings. The summed E-state index contributed by atoms with van der Waals surface area (Å²) in [7, 11) is -4.82. The van der Waals surface area contributed by atoms with Crippen molar-refractivity contribution in [2.45, 2.75) is 104 Å². The van der Waals surface area contributed by atoms with Crippen molar-refractivity contribution >= 4 is 80.8 Å². The summed E-state index contributed by atoms with van der Waals surface area (Å²) in [6.45, 7) is 20.2. The fraction of sp³-hybridized carbons (Fsp3) is 0.327. The number of aryl methyl sites for hydroxylation is 1. The summed E-state index contributed by atoms with van der Waals surface area (Å²) >= 11 is 4.99. The molecule has 2 heterocycles. The highest BCUT2D eigenvalue weighted by atomic mass is 79.9. The van der Waals surface area contributed by atoms with Crippen LogP contribution in [0.2, 0.25) is 10.1 Å². The highest BCUT2D eigenvalue weighted by Crippen LogP contribution is 2.40. The second-order valence-electron chi connectivity index (χ2n) is 20.0. The number of carbonyl (C=O) groups is 1. The molecule has 0 spiro atoms. The summed E-state index contributed by atoms with van der Waals surface area (Å²) in [5.74, 6) is -0.107. The Morgan fingerprint density at radius 3 is 1.57 bits per heavy atom. The van der Waals surface area contributed by atoms with Gasteiger partial charge in [0, 0.05) is 5.56 Å². The van der Waals surface area contributed by atoms with E-state index in [1.165, 1.54) is 11.3 Å². The molecule has 0 amide bonds. The van der Waals surface area contributed by atoms with Gasteiger partial charge in [-0.25, -0.2) is 9.36 Å². The summed E-state index contributed by atoms with van der Waals surface area (Å²) in [4.78, 5) is 46.2. The topological polar surface area (TPSA) is 98.0 Å². The third-order valence-corrected chi connectivity index (χ3v) is 25.3. The third-order valence-electron chi connectivity index (χ3n) is 13.0. The van der Waals surface area contributed by atoms with Gasteiger partial charge >= 0.3 is 20.0 Å². The molecule has 2 atom stereocenters. The van der Waals surface area contributed by atoms with Gasteiger partial charge in [0.1, 0.15) is 22.2 Å². The number of para-hydroxylation sites is 1. The second-order valence-corrected chi connectivity index (χ2v) is 30.8. The van der Waals surface area contributed by atoms with E-state index in [-0.39, 0.29) is 18.2 Å². The van der Waals surface area contributed by atoms with E-state index < -0.39 is 56.6 Å². The van der Waals surface area contributed by atoms with Gasteiger partial charge in [0.15, 0.2) is 0 Å². The molecule has 0 unspecified atom stereocenters. The molecule has 0 saturated heterocycles. The molecular weight excluding hydrogens is 969 g/mol. The van der Waals surface area contributed by atoms with Crippen LogP contribution in [-0.2, 0) is 30.5 Å². The van der Waals surface area contributed by atoms with Crippen LogP contribution in [-0.4, -0.2) is 51.6 Å². The monoisotopic (exact) mass is 1030 g/mol. The molecule has 0 fully saturated rings. The van der Waals surface area contributed by atoms with Crippen molar-refractivity contribution in [3.63, 3.8) is 0 Å². The number of aromatic nitrogens is 2. The first-order valence-corrected chi connectivity index (χ1v) is 28.5. The molecule has 7 aromatic rings. The Morgan fingerprint density at radius 1 is 0.676 bits per heavy atom. The maximum atomic E-state index is 15.5. The number of ether oxygens (including phenoxy) is 2. The van der Waals surface area contributed by atoms with Gasteiger partial charge in [-0.05, 0) is 86.1 Å². The lowest BCUT2D eigenvalue weighted by atomic mass is 10.1. The van der Waals surface area contributed by atoms with E-state index in [0.717, 1.165) is 25.3 Å². The van der Waals surface area contributed by atoms with Crippen LogP contribution in [0.3, 0.4) is 0 Å². The van der Waals surface area contributed by atoms with Crippen LogP contribution < -0.4 is 36.7 Å². The fourth-order valence-electron chi connectivity index (χ4n) is 9.60. The third kappa shape index (κ3) is 9.33. The molecule has 0 radical (unpaired) electrons. The van der Waals surface area contributed by atoms with Crippen LogP contribution in [0, 0.1) is 6.92 Å². The molecule has 0 aliphatic carbocycles. The summed E-state index contributed by atoms with van der Waals surface area (Å²) < 4.78 is 30.7. The molecule has 68 heavy (non-hydrogen) atoms. The molecule has 7 rings (SSSR count). The summed E-state index contributed by atoms with van der Waals surface area (Å²) in [6, 6.07) is 48.2. The first-order valence-electron chi connectivity index (χ1n) is 23.0. The largest absolute Gasteiger partial charge is 0.508 e. The Labute approximate surface area is 415 Å². The molecule has 0 saturated carbocycles. The molecule has 5 aromatic carbocycles. The number of rotatable bonds is 16. The second kappa shape index (κ2) is 20.1. The Hall–Kier alpha value is -5.16. The van der Waals surface area contributed by atoms with Gasteiger partial charge in [-0.15, -0.1) is 11.3 Å². The Balaban J connectivity index is 1.34. The predicted molar refractivity (Wildman–Crippen MR) is 286 cm³/mol. The number of hydrogen-bond donors (Lipinski definition) is 0. The molecule has 2 aromatic heterocycles. The van der Waals surface area contributed by atoms with E-state index in [2.05, 4.69) is 106 Å². The molecule has 0 N–H and O–H groups in total. The van der Waals surface area contributed by atoms with Crippen molar-refractivity contribution in [1.29, 1.82) is 0 Å². The normalized spacial score (nSPS) is 13.6. The zero-order valence-electron chi connectivity index (χ0n) is 41.0. The van der Waals surface area contributed by atoms with Crippen molar-refractivity contribution in [1.82, 2.24) is 9.13 Å². The zero-order valence-corrected chi connectivity index (χ0v) is 45.4. The molecular formula is C55H63BrN2O7SSi2. The average Bonchev–Trinajstić information content (AvgIpc) is 3.62. The lowest BCUT2D eigenvalue weighted by molar-refractivity contribution is -0.144. The molecule has 0 bridgehead atoms. The number of halogens is 1. The maximum Gasteiger partial charge on any atom is 0.333 e. The zero-order chi connectivity index (χ0) is 49.2. The van der Waals surface area contributed by atoms with Crippen LogP contribution in [0.4, 0.5) is 0 Å². The van der Waals surface area contributed by atoms with E-state index in [0.29, 0.717) is 30.9 Å². The van der Waals surface area contributed by atoms with Gasteiger partial charge in [-0.2, -0.15) is 0 Å². The molecule has 0 aliphatic heterocycles. The van der Waals surface area contributed by atoms with Gasteiger partial charge in [0.25, 0.3) is 13.9 Å². The highest BCUT2D eigenvalue weighted by Gasteiger charge is 2.55. The van der Waals surface area contributed by atoms with E-state index >= 15 is 9.59 Å². The minimum absolute atomic E-state index is 0.0197. The van der Waals surface area contributed by atoms with E-state index in [1.807, 2.05) is 111 Å². The van der Waals surface area contributed by atoms with E-state index in [1.54, 1.807) is 25.5 Å². The van der Waals surface area contributed by atoms with Crippen molar-refractivity contribution in [2.75, 3.05) is 13.7 Å². The molecule has 13 heteroatoms. The number of benzene rings is 5. The lowest BCUT2D eigenvalue weighted by Crippen LogP contribution is -2.69. The van der Waals surface area contributed by atoms with Crippen LogP contribution in [0.25, 0.3) is 10.2 Å². The first kappa shape index (κ1) is 50.7. The highest BCUT2D eigenvalue weighted by molar-refractivity contribution is 9.11.